The molecule has 0 unspecified atom stereocenters. The quantitative estimate of drug-likeness (QED) is 0.556. The van der Waals surface area contributed by atoms with Gasteiger partial charge in [0.05, 0.1) is 23.6 Å². The van der Waals surface area contributed by atoms with Gasteiger partial charge in [0.2, 0.25) is 0 Å². The number of hydrogen-bond acceptors (Lipinski definition) is 4. The molecule has 0 saturated carbocycles. The highest BCUT2D eigenvalue weighted by Crippen LogP contribution is 2.18. The smallest absolute Gasteiger partial charge is 0.292 e. The van der Waals surface area contributed by atoms with Crippen LogP contribution < -0.4 is 10.9 Å². The molecule has 4 rings (SSSR count). The molecule has 0 aliphatic carbocycles. The molecule has 8 heteroatoms. The average Bonchev–Trinajstić information content (AvgIpc) is 3.01. The fourth-order valence-electron chi connectivity index (χ4n) is 2.93. The molecule has 2 aromatic heterocycles. The van der Waals surface area contributed by atoms with Gasteiger partial charge in [-0.3, -0.25) is 9.59 Å². The molecule has 0 aliphatic rings. The molecule has 28 heavy (non-hydrogen) atoms. The Morgan fingerprint density at radius 1 is 1.21 bits per heavy atom. The van der Waals surface area contributed by atoms with Gasteiger partial charge in [0.1, 0.15) is 5.82 Å². The molecule has 2 N–H and O–H groups in total. The summed E-state index contributed by atoms with van der Waals surface area (Å²) in [6.07, 6.45) is 1.66. The molecule has 0 aliphatic heterocycles. The summed E-state index contributed by atoms with van der Waals surface area (Å²) in [7, 11) is 0. The van der Waals surface area contributed by atoms with Crippen LogP contribution in [0.5, 0.6) is 0 Å². The molecular formula is C20H16ClN5O2. The summed E-state index contributed by atoms with van der Waals surface area (Å²) in [6, 6.07) is 14.3. The highest BCUT2D eigenvalue weighted by Gasteiger charge is 2.16. The number of nitrogens with one attached hydrogen (secondary N) is 2. The SMILES string of the molecule is Cc1cnn(Cc2cccc(Cl)c2)c1NC(=O)c1nc2ccccc2c(=O)[nH]1. The minimum atomic E-state index is -0.515. The van der Waals surface area contributed by atoms with E-state index in [1.165, 1.54) is 0 Å². The number of fused-ring (bicyclic) bond motifs is 1. The second-order valence-electron chi connectivity index (χ2n) is 6.35. The van der Waals surface area contributed by atoms with Crippen molar-refractivity contribution in [1.82, 2.24) is 19.7 Å². The molecule has 0 saturated heterocycles. The van der Waals surface area contributed by atoms with E-state index in [0.29, 0.717) is 28.3 Å². The topological polar surface area (TPSA) is 92.7 Å². The molecule has 7 nitrogen and oxygen atoms in total. The third kappa shape index (κ3) is 3.52. The Kier molecular flexibility index (Phi) is 4.67. The number of aromatic nitrogens is 4. The molecule has 140 valence electrons. The second-order valence-corrected chi connectivity index (χ2v) is 6.79. The van der Waals surface area contributed by atoms with Crippen molar-refractivity contribution in [2.45, 2.75) is 13.5 Å². The Morgan fingerprint density at radius 3 is 2.86 bits per heavy atom. The lowest BCUT2D eigenvalue weighted by molar-refractivity contribution is 0.101. The van der Waals surface area contributed by atoms with Gasteiger partial charge in [-0.25, -0.2) is 9.67 Å². The van der Waals surface area contributed by atoms with E-state index in [4.69, 9.17) is 11.6 Å². The van der Waals surface area contributed by atoms with Gasteiger partial charge >= 0.3 is 0 Å². The summed E-state index contributed by atoms with van der Waals surface area (Å²) in [5, 5.41) is 8.18. The monoisotopic (exact) mass is 393 g/mol. The van der Waals surface area contributed by atoms with Crippen molar-refractivity contribution in [3.8, 4) is 0 Å². The van der Waals surface area contributed by atoms with Crippen molar-refractivity contribution in [3.63, 3.8) is 0 Å². The Labute approximate surface area is 165 Å². The van der Waals surface area contributed by atoms with Crippen LogP contribution in [0.15, 0.2) is 59.5 Å². The average molecular weight is 394 g/mol. The number of carbonyl (C=O) groups excluding carboxylic acids is 1. The number of amides is 1. The standard InChI is InChI=1S/C20H16ClN5O2/c1-12-10-22-26(11-13-5-4-6-14(21)9-13)18(12)25-20(28)17-23-16-8-3-2-7-15(16)19(27)24-17/h2-10H,11H2,1H3,(H,25,28)(H,23,24,27). The fraction of sp³-hybridized carbons (Fsp3) is 0.100. The van der Waals surface area contributed by atoms with E-state index in [-0.39, 0.29) is 11.4 Å². The van der Waals surface area contributed by atoms with E-state index in [0.717, 1.165) is 11.1 Å². The number of H-pyrrole nitrogens is 1. The Hall–Kier alpha value is -3.45. The van der Waals surface area contributed by atoms with Crippen LogP contribution in [0.2, 0.25) is 5.02 Å². The maximum Gasteiger partial charge on any atom is 0.292 e. The van der Waals surface area contributed by atoms with Gasteiger partial charge in [0, 0.05) is 10.6 Å². The van der Waals surface area contributed by atoms with Gasteiger partial charge in [-0.15, -0.1) is 0 Å². The summed E-state index contributed by atoms with van der Waals surface area (Å²) < 4.78 is 1.66. The number of aryl methyl sites for hydroxylation is 1. The fourth-order valence-corrected chi connectivity index (χ4v) is 3.14. The summed E-state index contributed by atoms with van der Waals surface area (Å²) in [4.78, 5) is 31.7. The number of halogens is 1. The van der Waals surface area contributed by atoms with Crippen molar-refractivity contribution < 1.29 is 4.79 Å². The molecule has 0 radical (unpaired) electrons. The predicted molar refractivity (Wildman–Crippen MR) is 108 cm³/mol. The van der Waals surface area contributed by atoms with Crippen molar-refractivity contribution in [1.29, 1.82) is 0 Å². The van der Waals surface area contributed by atoms with Crippen LogP contribution in [-0.4, -0.2) is 25.7 Å². The van der Waals surface area contributed by atoms with E-state index < -0.39 is 5.91 Å². The zero-order valence-electron chi connectivity index (χ0n) is 14.9. The van der Waals surface area contributed by atoms with Crippen LogP contribution >= 0.6 is 11.6 Å². The number of benzene rings is 2. The third-order valence-corrected chi connectivity index (χ3v) is 4.54. The zero-order valence-corrected chi connectivity index (χ0v) is 15.7. The lowest BCUT2D eigenvalue weighted by Crippen LogP contribution is -2.23. The van der Waals surface area contributed by atoms with E-state index in [2.05, 4.69) is 20.4 Å². The first-order valence-electron chi connectivity index (χ1n) is 8.58. The number of nitrogens with zero attached hydrogens (tertiary/aromatic N) is 3. The van der Waals surface area contributed by atoms with Gasteiger partial charge in [-0.1, -0.05) is 35.9 Å². The number of rotatable bonds is 4. The molecule has 0 atom stereocenters. The van der Waals surface area contributed by atoms with E-state index in [9.17, 15) is 9.59 Å². The van der Waals surface area contributed by atoms with Crippen LogP contribution in [0.3, 0.4) is 0 Å². The van der Waals surface area contributed by atoms with Gasteiger partial charge in [0.15, 0.2) is 5.82 Å². The second kappa shape index (κ2) is 7.28. The zero-order chi connectivity index (χ0) is 19.7. The lowest BCUT2D eigenvalue weighted by Gasteiger charge is -2.10. The van der Waals surface area contributed by atoms with Crippen molar-refractivity contribution in [3.05, 3.63) is 87.1 Å². The maximum atomic E-state index is 12.7. The molecule has 0 bridgehead atoms. The van der Waals surface area contributed by atoms with Crippen LogP contribution in [0, 0.1) is 6.92 Å². The largest absolute Gasteiger partial charge is 0.304 e. The van der Waals surface area contributed by atoms with E-state index in [1.807, 2.05) is 25.1 Å². The Balaban J connectivity index is 1.63. The van der Waals surface area contributed by atoms with Crippen LogP contribution in [-0.2, 0) is 6.54 Å². The minimum absolute atomic E-state index is 0.0568. The first-order valence-corrected chi connectivity index (χ1v) is 8.96. The highest BCUT2D eigenvalue weighted by molar-refractivity contribution is 6.30. The number of anilines is 1. The van der Waals surface area contributed by atoms with Gasteiger partial charge in [-0.05, 0) is 36.8 Å². The normalized spacial score (nSPS) is 10.9. The number of aromatic amines is 1. The molecule has 1 amide bonds. The van der Waals surface area contributed by atoms with Crippen LogP contribution in [0.25, 0.3) is 10.9 Å². The van der Waals surface area contributed by atoms with Gasteiger partial charge in [0.25, 0.3) is 11.5 Å². The Morgan fingerprint density at radius 2 is 2.04 bits per heavy atom. The van der Waals surface area contributed by atoms with Gasteiger partial charge in [-0.2, -0.15) is 5.10 Å². The summed E-state index contributed by atoms with van der Waals surface area (Å²) in [5.41, 5.74) is 1.84. The van der Waals surface area contributed by atoms with E-state index >= 15 is 0 Å². The van der Waals surface area contributed by atoms with Gasteiger partial charge < -0.3 is 10.3 Å². The predicted octanol–water partition coefficient (Wildman–Crippen LogP) is 3.38. The van der Waals surface area contributed by atoms with Crippen molar-refractivity contribution in [2.24, 2.45) is 0 Å². The summed E-state index contributed by atoms with van der Waals surface area (Å²) in [5.74, 6) is -0.0433. The number of para-hydroxylation sites is 1. The molecule has 2 aromatic carbocycles. The Bertz CT molecular complexity index is 1240. The van der Waals surface area contributed by atoms with E-state index in [1.54, 1.807) is 41.2 Å². The minimum Gasteiger partial charge on any atom is -0.304 e. The van der Waals surface area contributed by atoms with Crippen LogP contribution in [0.1, 0.15) is 21.7 Å². The first-order chi connectivity index (χ1) is 13.5. The molecule has 4 aromatic rings. The van der Waals surface area contributed by atoms with Crippen molar-refractivity contribution in [2.75, 3.05) is 5.32 Å². The molecule has 0 fully saturated rings. The summed E-state index contributed by atoms with van der Waals surface area (Å²) >= 11 is 6.04. The number of carbonyl (C=O) groups is 1. The molecule has 0 spiro atoms. The third-order valence-electron chi connectivity index (χ3n) is 4.30. The lowest BCUT2D eigenvalue weighted by atomic mass is 10.2. The molecular weight excluding hydrogens is 378 g/mol. The number of hydrogen-bond donors (Lipinski definition) is 2. The maximum absolute atomic E-state index is 12.7. The van der Waals surface area contributed by atoms with Crippen LogP contribution in [0.4, 0.5) is 5.82 Å². The first kappa shape index (κ1) is 17.9. The molecule has 2 heterocycles. The summed E-state index contributed by atoms with van der Waals surface area (Å²) in [6.45, 7) is 2.28. The highest BCUT2D eigenvalue weighted by atomic mass is 35.5. The van der Waals surface area contributed by atoms with Crippen molar-refractivity contribution >= 4 is 34.2 Å².